The molecule has 0 fully saturated rings. The van der Waals surface area contributed by atoms with Gasteiger partial charge in [0.05, 0.1) is 7.85 Å². The summed E-state index contributed by atoms with van der Waals surface area (Å²) in [6.45, 7) is 0. The van der Waals surface area contributed by atoms with E-state index < -0.39 is 10.7 Å². The first-order chi connectivity index (χ1) is 25.4. The van der Waals surface area contributed by atoms with Crippen LogP contribution < -0.4 is 49.2 Å². The van der Waals surface area contributed by atoms with Gasteiger partial charge in [0, 0.05) is 16.2 Å². The van der Waals surface area contributed by atoms with Gasteiger partial charge in [-0.25, -0.2) is 0 Å². The number of hydrogen-bond donors (Lipinski definition) is 0. The van der Waals surface area contributed by atoms with Gasteiger partial charge in [-0.15, -0.1) is 60.1 Å². The molecule has 0 amide bonds. The van der Waals surface area contributed by atoms with E-state index in [1.165, 1.54) is 0 Å². The summed E-state index contributed by atoms with van der Waals surface area (Å²) in [6.07, 6.45) is 0. The van der Waals surface area contributed by atoms with Crippen molar-refractivity contribution in [2.24, 2.45) is 0 Å². The molecular formula is C36H7B17O. The van der Waals surface area contributed by atoms with E-state index in [-0.39, 0.29) is 115 Å². The lowest BCUT2D eigenvalue weighted by molar-refractivity contribution is 0.566. The van der Waals surface area contributed by atoms with E-state index in [2.05, 4.69) is 0 Å². The van der Waals surface area contributed by atoms with E-state index in [0.29, 0.717) is 22.3 Å². The van der Waals surface area contributed by atoms with Crippen LogP contribution in [0.3, 0.4) is 0 Å². The molecular weight excluding hydrogens is 632 g/mol. The maximum Gasteiger partial charge on any atom is 0.135 e. The maximum atomic E-state index is 7.83. The second kappa shape index (κ2) is 12.2. The number of allylic oxidation sites excluding steroid dienone is 9. The molecule has 0 aliphatic heterocycles. The fraction of sp³-hybridized carbons (Fsp3) is 0.0556. The van der Waals surface area contributed by atoms with Crippen LogP contribution in [0.1, 0.15) is 22.3 Å². The number of benzene rings is 4. The lowest BCUT2D eigenvalue weighted by Crippen LogP contribution is -2.58. The van der Waals surface area contributed by atoms with Crippen LogP contribution >= 0.6 is 0 Å². The molecule has 208 valence electrons. The number of furan rings is 1. The molecule has 1 heterocycles. The SMILES string of the molecule is [B]C1=C([B])C2=C(c3ccc4oc5ccccc5c4c3)c3c([B])c([B])c([B])c([B])c3C2(C2([B])C([B])=C([B])C([B])=C2c2c([B])c([B])c([B])c([B])c2[B])C([B])=C1[B]. The van der Waals surface area contributed by atoms with Crippen molar-refractivity contribution in [3.63, 3.8) is 0 Å². The van der Waals surface area contributed by atoms with Crippen molar-refractivity contribution in [2.45, 2.75) is 10.7 Å². The van der Waals surface area contributed by atoms with Crippen LogP contribution in [-0.4, -0.2) is 133 Å². The summed E-state index contributed by atoms with van der Waals surface area (Å²) >= 11 is 0. The van der Waals surface area contributed by atoms with E-state index in [0.717, 1.165) is 10.8 Å². The molecule has 0 spiro atoms. The van der Waals surface area contributed by atoms with Crippen molar-refractivity contribution in [3.05, 3.63) is 109 Å². The minimum absolute atomic E-state index is 0.0125. The molecule has 4 aromatic carbocycles. The highest BCUT2D eigenvalue weighted by molar-refractivity contribution is 6.69. The van der Waals surface area contributed by atoms with Crippen LogP contribution in [0.5, 0.6) is 0 Å². The van der Waals surface area contributed by atoms with Gasteiger partial charge in [-0.3, -0.25) is 0 Å². The average Bonchev–Trinajstić information content (AvgIpc) is 3.76. The molecule has 54 heavy (non-hydrogen) atoms. The van der Waals surface area contributed by atoms with Gasteiger partial charge in [0.2, 0.25) is 0 Å². The molecule has 3 aliphatic rings. The number of fused-ring (bicyclic) bond motifs is 6. The van der Waals surface area contributed by atoms with Crippen LogP contribution in [0, 0.1) is 0 Å². The normalized spacial score (nSPS) is 21.3. The Labute approximate surface area is 337 Å². The third kappa shape index (κ3) is 4.30. The molecule has 3 aliphatic carbocycles. The Morgan fingerprint density at radius 3 is 1.57 bits per heavy atom. The Balaban J connectivity index is 1.64. The molecule has 5 aromatic rings. The quantitative estimate of drug-likeness (QED) is 0.180. The molecule has 2 unspecified atom stereocenters. The number of para-hydroxylation sites is 1. The molecule has 0 bridgehead atoms. The third-order valence-corrected chi connectivity index (χ3v) is 11.3. The molecule has 1 nitrogen and oxygen atoms in total. The van der Waals surface area contributed by atoms with Gasteiger partial charge in [0.15, 0.2) is 0 Å². The average molecular weight is 639 g/mol. The summed E-state index contributed by atoms with van der Waals surface area (Å²) in [5.41, 5.74) is -1.13. The molecule has 34 radical (unpaired) electrons. The lowest BCUT2D eigenvalue weighted by Gasteiger charge is -2.57. The second-order valence-corrected chi connectivity index (χ2v) is 13.7. The molecule has 0 saturated heterocycles. The number of rotatable bonds is 3. The highest BCUT2D eigenvalue weighted by Crippen LogP contribution is 2.72. The van der Waals surface area contributed by atoms with Gasteiger partial charge < -0.3 is 4.42 Å². The summed E-state index contributed by atoms with van der Waals surface area (Å²) in [6, 6.07) is 13.0. The standard InChI is InChI=1S/C36H7B17O/c37-19-14-13(8-5-6-12-10(7-8)9-3-1-2-4-11(9)54-12)16-22(40)29(47)32(50)33(51)35(16,17(14)23(41)28(46)25(19)43)36(53)18(24(42)31(49)34(36)52)15-20(38)26(44)30(48)27(45)21(15)39/h1-7H. The Morgan fingerprint density at radius 1 is 0.426 bits per heavy atom. The molecule has 0 saturated carbocycles. The Hall–Kier alpha value is -3.52. The number of hydrogen-bond acceptors (Lipinski definition) is 1. The minimum atomic E-state index is -2.24. The van der Waals surface area contributed by atoms with Gasteiger partial charge >= 0.3 is 0 Å². The largest absolute Gasteiger partial charge is 0.456 e. The van der Waals surface area contributed by atoms with Crippen molar-refractivity contribution < 1.29 is 4.42 Å². The highest BCUT2D eigenvalue weighted by atomic mass is 16.3. The van der Waals surface area contributed by atoms with Gasteiger partial charge in [0.1, 0.15) is 137 Å². The summed E-state index contributed by atoms with van der Waals surface area (Å²) in [5, 5.41) is -0.651. The Morgan fingerprint density at radius 2 is 0.944 bits per heavy atom. The highest BCUT2D eigenvalue weighted by Gasteiger charge is 2.62. The lowest BCUT2D eigenvalue weighted by atomic mass is 9.32. The first-order valence-corrected chi connectivity index (χ1v) is 16.4. The fourth-order valence-electron chi connectivity index (χ4n) is 8.61. The zero-order chi connectivity index (χ0) is 39.2. The maximum absolute atomic E-state index is 7.83. The van der Waals surface area contributed by atoms with E-state index in [1.54, 1.807) is 12.1 Å². The molecule has 18 heteroatoms. The monoisotopic (exact) mass is 642 g/mol. The van der Waals surface area contributed by atoms with Crippen LogP contribution in [-0.2, 0) is 5.41 Å². The second-order valence-electron chi connectivity index (χ2n) is 13.7. The Kier molecular flexibility index (Phi) is 8.48. The fourth-order valence-corrected chi connectivity index (χ4v) is 8.61. The van der Waals surface area contributed by atoms with Crippen molar-refractivity contribution in [2.75, 3.05) is 0 Å². The third-order valence-electron chi connectivity index (χ3n) is 11.3. The summed E-state index contributed by atoms with van der Waals surface area (Å²) in [5.74, 6) is 0. The van der Waals surface area contributed by atoms with Crippen molar-refractivity contribution in [3.8, 4) is 0 Å². The topological polar surface area (TPSA) is 13.1 Å². The van der Waals surface area contributed by atoms with Crippen molar-refractivity contribution in [1.82, 2.24) is 0 Å². The van der Waals surface area contributed by atoms with Crippen LogP contribution in [0.15, 0.2) is 90.8 Å². The van der Waals surface area contributed by atoms with E-state index in [9.17, 15) is 0 Å². The molecule has 2 atom stereocenters. The van der Waals surface area contributed by atoms with Gasteiger partial charge in [-0.1, -0.05) is 51.6 Å². The van der Waals surface area contributed by atoms with Crippen LogP contribution in [0.25, 0.3) is 33.1 Å². The molecule has 1 aromatic heterocycles. The van der Waals surface area contributed by atoms with Crippen molar-refractivity contribution >= 4 is 216 Å². The smallest absolute Gasteiger partial charge is 0.135 e. The van der Waals surface area contributed by atoms with Gasteiger partial charge in [-0.05, 0) is 62.5 Å². The first kappa shape index (κ1) is 37.4. The predicted molar refractivity (Wildman–Crippen MR) is 240 cm³/mol. The first-order valence-electron chi connectivity index (χ1n) is 16.4. The van der Waals surface area contributed by atoms with Crippen LogP contribution in [0.4, 0.5) is 0 Å². The Bertz CT molecular complexity index is 2770. The molecule has 0 N–H and O–H groups in total. The van der Waals surface area contributed by atoms with Gasteiger partial charge in [0.25, 0.3) is 0 Å². The zero-order valence-electron chi connectivity index (χ0n) is 28.8. The molecule has 8 rings (SSSR count). The van der Waals surface area contributed by atoms with E-state index >= 15 is 0 Å². The summed E-state index contributed by atoms with van der Waals surface area (Å²) in [4.78, 5) is 0. The summed E-state index contributed by atoms with van der Waals surface area (Å²) in [7, 11) is 116. The van der Waals surface area contributed by atoms with Crippen molar-refractivity contribution in [1.29, 1.82) is 0 Å². The minimum Gasteiger partial charge on any atom is -0.456 e. The van der Waals surface area contributed by atoms with E-state index in [1.807, 2.05) is 30.3 Å². The van der Waals surface area contributed by atoms with E-state index in [4.69, 9.17) is 138 Å². The van der Waals surface area contributed by atoms with Gasteiger partial charge in [-0.2, -0.15) is 0 Å². The zero-order valence-corrected chi connectivity index (χ0v) is 28.8. The predicted octanol–water partition coefficient (Wildman–Crippen LogP) is -5.64. The van der Waals surface area contributed by atoms with Crippen LogP contribution in [0.2, 0.25) is 5.31 Å². The summed E-state index contributed by atoms with van der Waals surface area (Å²) < 4.78 is 6.14.